The predicted octanol–water partition coefficient (Wildman–Crippen LogP) is 4.42. The van der Waals surface area contributed by atoms with Gasteiger partial charge in [-0.1, -0.05) is 37.3 Å². The maximum Gasteiger partial charge on any atom is 0.408 e. The number of unbranched alkanes of at least 4 members (excludes halogenated alkanes) is 1. The van der Waals surface area contributed by atoms with E-state index in [0.717, 1.165) is 22.9 Å². The summed E-state index contributed by atoms with van der Waals surface area (Å²) in [6.07, 6.45) is 2.14. The number of ether oxygens (including phenoxy) is 1. The number of nitrogens with one attached hydrogen (secondary N) is 3. The molecule has 0 fully saturated rings. The molecule has 2 aromatic carbocycles. The molecule has 3 N–H and O–H groups in total. The van der Waals surface area contributed by atoms with Crippen LogP contribution in [0, 0.1) is 6.92 Å². The first-order chi connectivity index (χ1) is 17.9. The van der Waals surface area contributed by atoms with Gasteiger partial charge in [-0.05, 0) is 55.9 Å². The third kappa shape index (κ3) is 8.79. The number of fused-ring (bicyclic) bond motifs is 1. The SMILES string of the molecule is CCCC(=O)NCCCC[C@H](NC(=O)OCc1ccccc1)C(=O)Nc1ccc2c(C)cc(=O)oc2c1. The van der Waals surface area contributed by atoms with Crippen molar-refractivity contribution in [3.63, 3.8) is 0 Å². The smallest absolute Gasteiger partial charge is 0.408 e. The molecule has 1 aromatic heterocycles. The zero-order valence-electron chi connectivity index (χ0n) is 21.2. The van der Waals surface area contributed by atoms with Crippen molar-refractivity contribution >= 4 is 34.6 Å². The van der Waals surface area contributed by atoms with Crippen LogP contribution in [0.2, 0.25) is 0 Å². The first kappa shape index (κ1) is 27.4. The van der Waals surface area contributed by atoms with Gasteiger partial charge in [-0.15, -0.1) is 0 Å². The van der Waals surface area contributed by atoms with Crippen LogP contribution in [-0.4, -0.2) is 30.5 Å². The molecule has 37 heavy (non-hydrogen) atoms. The molecule has 1 atom stereocenters. The van der Waals surface area contributed by atoms with Crippen LogP contribution in [0.15, 0.2) is 63.8 Å². The van der Waals surface area contributed by atoms with E-state index in [4.69, 9.17) is 9.15 Å². The Labute approximate surface area is 215 Å². The molecule has 0 aliphatic heterocycles. The quantitative estimate of drug-likeness (QED) is 0.246. The maximum absolute atomic E-state index is 13.1. The van der Waals surface area contributed by atoms with Crippen molar-refractivity contribution in [2.45, 2.75) is 58.6 Å². The largest absolute Gasteiger partial charge is 0.445 e. The fourth-order valence-electron chi connectivity index (χ4n) is 3.82. The van der Waals surface area contributed by atoms with Crippen molar-refractivity contribution in [1.82, 2.24) is 10.6 Å². The van der Waals surface area contributed by atoms with E-state index in [0.29, 0.717) is 43.5 Å². The Kier molecular flexibility index (Phi) is 10.3. The first-order valence-corrected chi connectivity index (χ1v) is 12.4. The van der Waals surface area contributed by atoms with Gasteiger partial charge in [0.25, 0.3) is 0 Å². The summed E-state index contributed by atoms with van der Waals surface area (Å²) in [5.74, 6) is -0.432. The van der Waals surface area contributed by atoms with Gasteiger partial charge in [-0.3, -0.25) is 9.59 Å². The van der Waals surface area contributed by atoms with Crippen LogP contribution in [-0.2, 0) is 20.9 Å². The van der Waals surface area contributed by atoms with E-state index in [1.54, 1.807) is 18.2 Å². The van der Waals surface area contributed by atoms with Crippen molar-refractivity contribution in [1.29, 1.82) is 0 Å². The Bertz CT molecular complexity index is 1270. The van der Waals surface area contributed by atoms with Gasteiger partial charge in [0.15, 0.2) is 0 Å². The van der Waals surface area contributed by atoms with Gasteiger partial charge in [-0.2, -0.15) is 0 Å². The highest BCUT2D eigenvalue weighted by Crippen LogP contribution is 2.21. The summed E-state index contributed by atoms with van der Waals surface area (Å²) in [5.41, 5.74) is 1.92. The second-order valence-corrected chi connectivity index (χ2v) is 8.80. The Morgan fingerprint density at radius 2 is 1.81 bits per heavy atom. The lowest BCUT2D eigenvalue weighted by molar-refractivity contribution is -0.121. The lowest BCUT2D eigenvalue weighted by Gasteiger charge is -2.19. The standard InChI is InChI=1S/C28H33N3O6/c1-3-9-25(32)29-15-8-7-12-23(31-28(35)36-18-20-10-5-4-6-11-20)27(34)30-21-13-14-22-19(2)16-26(33)37-24(22)17-21/h4-6,10-11,13-14,16-17,23H,3,7-9,12,15,18H2,1-2H3,(H,29,32)(H,30,34)(H,31,35)/t23-/m0/s1. The second-order valence-electron chi connectivity index (χ2n) is 8.80. The molecule has 1 heterocycles. The molecule has 3 aromatic rings. The molecule has 3 amide bonds. The predicted molar refractivity (Wildman–Crippen MR) is 141 cm³/mol. The minimum atomic E-state index is -0.866. The van der Waals surface area contributed by atoms with Crippen LogP contribution in [0.4, 0.5) is 10.5 Å². The van der Waals surface area contributed by atoms with Gasteiger partial charge >= 0.3 is 11.7 Å². The number of alkyl carbamates (subject to hydrolysis) is 1. The number of anilines is 1. The molecule has 0 radical (unpaired) electrons. The molecule has 9 nitrogen and oxygen atoms in total. The second kappa shape index (κ2) is 13.8. The Hall–Kier alpha value is -4.14. The fourth-order valence-corrected chi connectivity index (χ4v) is 3.82. The third-order valence-corrected chi connectivity index (χ3v) is 5.76. The summed E-state index contributed by atoms with van der Waals surface area (Å²) in [4.78, 5) is 49.0. The Balaban J connectivity index is 1.63. The van der Waals surface area contributed by atoms with E-state index in [-0.39, 0.29) is 12.5 Å². The summed E-state index contributed by atoms with van der Waals surface area (Å²) in [6.45, 7) is 4.32. The lowest BCUT2D eigenvalue weighted by atomic mass is 10.1. The van der Waals surface area contributed by atoms with Crippen molar-refractivity contribution < 1.29 is 23.5 Å². The molecule has 196 valence electrons. The molecule has 9 heteroatoms. The van der Waals surface area contributed by atoms with Crippen LogP contribution in [0.3, 0.4) is 0 Å². The molecule has 0 unspecified atom stereocenters. The van der Waals surface area contributed by atoms with Crippen LogP contribution in [0.1, 0.15) is 50.2 Å². The lowest BCUT2D eigenvalue weighted by Crippen LogP contribution is -2.44. The van der Waals surface area contributed by atoms with E-state index < -0.39 is 23.7 Å². The number of benzene rings is 2. The summed E-state index contributed by atoms with van der Waals surface area (Å²) in [5, 5.41) is 9.05. The van der Waals surface area contributed by atoms with Gasteiger partial charge < -0.3 is 25.1 Å². The van der Waals surface area contributed by atoms with Crippen molar-refractivity contribution in [3.05, 3.63) is 76.1 Å². The maximum atomic E-state index is 13.1. The van der Waals surface area contributed by atoms with E-state index in [1.807, 2.05) is 44.2 Å². The van der Waals surface area contributed by atoms with E-state index >= 15 is 0 Å². The van der Waals surface area contributed by atoms with Gasteiger partial charge in [0.2, 0.25) is 11.8 Å². The number of amides is 3. The average Bonchev–Trinajstić information content (AvgIpc) is 2.87. The monoisotopic (exact) mass is 507 g/mol. The highest BCUT2D eigenvalue weighted by molar-refractivity contribution is 5.98. The van der Waals surface area contributed by atoms with Crippen LogP contribution < -0.4 is 21.6 Å². The number of carbonyl (C=O) groups excluding carboxylic acids is 3. The minimum absolute atomic E-state index is 0.00222. The molecule has 0 saturated heterocycles. The summed E-state index contributed by atoms with van der Waals surface area (Å²) < 4.78 is 10.6. The molecular weight excluding hydrogens is 474 g/mol. The van der Waals surface area contributed by atoms with Gasteiger partial charge in [0.05, 0.1) is 0 Å². The molecule has 0 bridgehead atoms. The minimum Gasteiger partial charge on any atom is -0.445 e. The van der Waals surface area contributed by atoms with Crippen molar-refractivity contribution in [2.75, 3.05) is 11.9 Å². The van der Waals surface area contributed by atoms with E-state index in [9.17, 15) is 19.2 Å². The van der Waals surface area contributed by atoms with E-state index in [1.165, 1.54) is 6.07 Å². The van der Waals surface area contributed by atoms with Crippen LogP contribution in [0.5, 0.6) is 0 Å². The number of hydrogen-bond acceptors (Lipinski definition) is 6. The molecule has 0 saturated carbocycles. The number of carbonyl (C=O) groups is 3. The third-order valence-electron chi connectivity index (χ3n) is 5.76. The van der Waals surface area contributed by atoms with Gasteiger partial charge in [0, 0.05) is 36.2 Å². The molecular formula is C28H33N3O6. The topological polar surface area (TPSA) is 127 Å². The molecule has 0 aliphatic rings. The van der Waals surface area contributed by atoms with Crippen molar-refractivity contribution in [2.24, 2.45) is 0 Å². The number of aryl methyl sites for hydroxylation is 1. The van der Waals surface area contributed by atoms with Crippen LogP contribution in [0.25, 0.3) is 11.0 Å². The molecule has 0 spiro atoms. The van der Waals surface area contributed by atoms with E-state index in [2.05, 4.69) is 16.0 Å². The Morgan fingerprint density at radius 1 is 1.03 bits per heavy atom. The zero-order valence-corrected chi connectivity index (χ0v) is 21.2. The van der Waals surface area contributed by atoms with Gasteiger partial charge in [0.1, 0.15) is 18.2 Å². The van der Waals surface area contributed by atoms with Crippen LogP contribution >= 0.6 is 0 Å². The fraction of sp³-hybridized carbons (Fsp3) is 0.357. The number of hydrogen-bond donors (Lipinski definition) is 3. The summed E-state index contributed by atoms with van der Waals surface area (Å²) in [6, 6.07) is 14.8. The zero-order chi connectivity index (χ0) is 26.6. The molecule has 3 rings (SSSR count). The highest BCUT2D eigenvalue weighted by Gasteiger charge is 2.22. The van der Waals surface area contributed by atoms with Crippen molar-refractivity contribution in [3.8, 4) is 0 Å². The highest BCUT2D eigenvalue weighted by atomic mass is 16.5. The Morgan fingerprint density at radius 3 is 2.57 bits per heavy atom. The number of rotatable bonds is 12. The summed E-state index contributed by atoms with van der Waals surface area (Å²) >= 11 is 0. The molecule has 0 aliphatic carbocycles. The first-order valence-electron chi connectivity index (χ1n) is 12.4. The average molecular weight is 508 g/mol. The summed E-state index contributed by atoms with van der Waals surface area (Å²) in [7, 11) is 0. The normalized spacial score (nSPS) is 11.5. The van der Waals surface area contributed by atoms with Gasteiger partial charge in [-0.25, -0.2) is 9.59 Å².